The van der Waals surface area contributed by atoms with E-state index in [2.05, 4.69) is 53.7 Å². The van der Waals surface area contributed by atoms with Gasteiger partial charge in [-0.2, -0.15) is 0 Å². The normalized spacial score (nSPS) is 41.6. The summed E-state index contributed by atoms with van der Waals surface area (Å²) in [6, 6.07) is 15.1. The largest absolute Gasteiger partial charge is 0.508 e. The van der Waals surface area contributed by atoms with E-state index in [-0.39, 0.29) is 51.6 Å². The number of fused-ring (bicyclic) bond motifs is 5. The fourth-order valence-corrected chi connectivity index (χ4v) is 15.8. The molecule has 0 spiro atoms. The van der Waals surface area contributed by atoms with Gasteiger partial charge >= 0.3 is 0 Å². The third-order valence-corrected chi connectivity index (χ3v) is 18.4. The molecule has 6 aliphatic carbocycles. The number of aromatic hydroxyl groups is 2. The van der Waals surface area contributed by atoms with E-state index in [4.69, 9.17) is 4.74 Å². The van der Waals surface area contributed by atoms with E-state index in [9.17, 15) is 24.9 Å². The van der Waals surface area contributed by atoms with Crippen LogP contribution in [0.25, 0.3) is 0 Å². The Balaban J connectivity index is 1.01. The van der Waals surface area contributed by atoms with Crippen LogP contribution in [0.15, 0.2) is 59.7 Å². The molecule has 9 rings (SSSR count). The topological polar surface area (TPSA) is 107 Å². The van der Waals surface area contributed by atoms with Crippen LogP contribution in [-0.4, -0.2) is 44.7 Å². The van der Waals surface area contributed by atoms with E-state index in [0.29, 0.717) is 48.0 Å². The summed E-state index contributed by atoms with van der Waals surface area (Å²) in [7, 11) is 0. The van der Waals surface area contributed by atoms with Crippen molar-refractivity contribution < 1.29 is 29.6 Å². The predicted molar refractivity (Wildman–Crippen MR) is 218 cm³/mol. The molecule has 12 atom stereocenters. The van der Waals surface area contributed by atoms with Gasteiger partial charge in [-0.05, 0) is 158 Å². The molecule has 2 aromatic rings. The van der Waals surface area contributed by atoms with E-state index in [1.165, 1.54) is 31.3 Å². The monoisotopic (exact) mass is 762 g/mol. The van der Waals surface area contributed by atoms with Crippen LogP contribution >= 0.6 is 0 Å². The number of hydrogen-bond donors (Lipinski definition) is 3. The number of phenols is 2. The number of phenolic OH excluding ortho intramolecular Hbond substituents is 2. The number of ketones is 2. The highest BCUT2D eigenvalue weighted by atomic mass is 16.6. The first-order valence-electron chi connectivity index (χ1n) is 22.3. The van der Waals surface area contributed by atoms with Crippen molar-refractivity contribution in [3.05, 3.63) is 70.8 Å². The second-order valence-electron chi connectivity index (χ2n) is 21.1. The molecule has 56 heavy (non-hydrogen) atoms. The number of aliphatic hydroxyl groups is 1. The summed E-state index contributed by atoms with van der Waals surface area (Å²) >= 11 is 0. The molecule has 0 aromatic heterocycles. The van der Waals surface area contributed by atoms with Gasteiger partial charge in [0.25, 0.3) is 0 Å². The smallest absolute Gasteiger partial charge is 0.159 e. The van der Waals surface area contributed by atoms with Crippen LogP contribution < -0.4 is 0 Å². The van der Waals surface area contributed by atoms with Gasteiger partial charge in [0.2, 0.25) is 0 Å². The highest BCUT2D eigenvalue weighted by Gasteiger charge is 2.72. The lowest BCUT2D eigenvalue weighted by molar-refractivity contribution is -0.207. The average Bonchev–Trinajstić information content (AvgIpc) is 3.58. The number of carbonyl (C=O) groups is 2. The lowest BCUT2D eigenvalue weighted by Crippen LogP contribution is -2.66. The first kappa shape index (κ1) is 38.6. The lowest BCUT2D eigenvalue weighted by Gasteiger charge is -2.71. The van der Waals surface area contributed by atoms with Gasteiger partial charge in [-0.15, -0.1) is 0 Å². The fourth-order valence-electron chi connectivity index (χ4n) is 15.8. The zero-order chi connectivity index (χ0) is 39.6. The number of ether oxygens (including phenoxy) is 1. The highest BCUT2D eigenvalue weighted by molar-refractivity contribution is 6.00. The van der Waals surface area contributed by atoms with E-state index >= 15 is 0 Å². The minimum Gasteiger partial charge on any atom is -0.508 e. The number of benzene rings is 2. The molecule has 0 bridgehead atoms. The van der Waals surface area contributed by atoms with E-state index in [0.717, 1.165) is 68.1 Å². The molecular formula is C50H66O6. The van der Waals surface area contributed by atoms with Crippen LogP contribution in [0.4, 0.5) is 0 Å². The molecule has 302 valence electrons. The van der Waals surface area contributed by atoms with Gasteiger partial charge in [0, 0.05) is 23.2 Å². The van der Waals surface area contributed by atoms with Crippen molar-refractivity contribution in [1.29, 1.82) is 0 Å². The Morgan fingerprint density at radius 2 is 1.50 bits per heavy atom. The molecule has 7 aliphatic rings. The number of carbonyl (C=O) groups excluding carboxylic acids is 2. The van der Waals surface area contributed by atoms with Gasteiger partial charge in [-0.25, -0.2) is 0 Å². The molecule has 6 heteroatoms. The molecule has 0 unspecified atom stereocenters. The number of epoxide rings is 1. The van der Waals surface area contributed by atoms with Crippen LogP contribution in [0.2, 0.25) is 0 Å². The number of hydrogen-bond acceptors (Lipinski definition) is 6. The third-order valence-electron chi connectivity index (χ3n) is 18.4. The number of aliphatic hydroxyl groups excluding tert-OH is 1. The Hall–Kier alpha value is -2.96. The average molecular weight is 763 g/mol. The Kier molecular flexibility index (Phi) is 9.14. The SMILES string of the molecule is C[C@H](C[C@@H](O)[C@H]1O[C@]1(C)[C@H]1CCC[C@@H]1c1cccc(O)c1)C1=C2CC[C@@H]3[C@]4(C5CCCC5)C[C@H](c5cccc(O)c5)C(=O)C(C)(C)[C@@H]4CC[C@]3(C)[C@@]2(C)CC1=O. The van der Waals surface area contributed by atoms with Crippen molar-refractivity contribution in [1.82, 2.24) is 0 Å². The second kappa shape index (κ2) is 13.3. The van der Waals surface area contributed by atoms with Gasteiger partial charge in [0.05, 0.1) is 11.7 Å². The summed E-state index contributed by atoms with van der Waals surface area (Å²) in [5.41, 5.74) is 3.21. The molecular weight excluding hydrogens is 697 g/mol. The van der Waals surface area contributed by atoms with Crippen LogP contribution in [0.3, 0.4) is 0 Å². The van der Waals surface area contributed by atoms with Crippen LogP contribution in [0.1, 0.15) is 154 Å². The summed E-state index contributed by atoms with van der Waals surface area (Å²) in [6.45, 7) is 13.7. The quantitative estimate of drug-likeness (QED) is 0.231. The molecule has 1 heterocycles. The van der Waals surface area contributed by atoms with Crippen LogP contribution in [-0.2, 0) is 14.3 Å². The van der Waals surface area contributed by atoms with Gasteiger partial charge in [-0.1, -0.05) is 83.7 Å². The minimum absolute atomic E-state index is 0.0104. The van der Waals surface area contributed by atoms with Crippen molar-refractivity contribution in [2.75, 3.05) is 0 Å². The number of allylic oxidation sites excluding steroid dienone is 2. The van der Waals surface area contributed by atoms with Gasteiger partial charge < -0.3 is 20.1 Å². The minimum atomic E-state index is -0.655. The summed E-state index contributed by atoms with van der Waals surface area (Å²) in [4.78, 5) is 29.1. The molecule has 6 nitrogen and oxygen atoms in total. The molecule has 1 saturated heterocycles. The summed E-state index contributed by atoms with van der Waals surface area (Å²) in [6.07, 6.45) is 13.1. The molecule has 5 saturated carbocycles. The molecule has 1 aliphatic heterocycles. The van der Waals surface area contributed by atoms with E-state index in [1.807, 2.05) is 24.3 Å². The van der Waals surface area contributed by atoms with Gasteiger partial charge in [0.1, 0.15) is 23.4 Å². The molecule has 2 aromatic carbocycles. The lowest BCUT2D eigenvalue weighted by atomic mass is 9.33. The van der Waals surface area contributed by atoms with Crippen molar-refractivity contribution in [3.8, 4) is 11.5 Å². The summed E-state index contributed by atoms with van der Waals surface area (Å²) in [5.74, 6) is 2.67. The van der Waals surface area contributed by atoms with Crippen LogP contribution in [0.5, 0.6) is 11.5 Å². The zero-order valence-corrected chi connectivity index (χ0v) is 34.8. The summed E-state index contributed by atoms with van der Waals surface area (Å²) in [5, 5.41) is 32.6. The Morgan fingerprint density at radius 1 is 0.821 bits per heavy atom. The van der Waals surface area contributed by atoms with E-state index < -0.39 is 17.1 Å². The van der Waals surface area contributed by atoms with Crippen molar-refractivity contribution in [2.24, 2.45) is 51.2 Å². The zero-order valence-electron chi connectivity index (χ0n) is 34.8. The molecule has 0 amide bonds. The van der Waals surface area contributed by atoms with Gasteiger partial charge in [-0.3, -0.25) is 9.59 Å². The maximum atomic E-state index is 14.6. The predicted octanol–water partition coefficient (Wildman–Crippen LogP) is 10.6. The third kappa shape index (κ3) is 5.46. The Labute approximate surface area is 334 Å². The Bertz CT molecular complexity index is 1940. The maximum Gasteiger partial charge on any atom is 0.159 e. The molecule has 6 fully saturated rings. The van der Waals surface area contributed by atoms with Crippen molar-refractivity contribution >= 4 is 11.6 Å². The van der Waals surface area contributed by atoms with Crippen molar-refractivity contribution in [2.45, 2.75) is 161 Å². The molecule has 3 N–H and O–H groups in total. The summed E-state index contributed by atoms with van der Waals surface area (Å²) < 4.78 is 6.47. The fraction of sp³-hybridized carbons (Fsp3) is 0.680. The first-order chi connectivity index (χ1) is 26.6. The van der Waals surface area contributed by atoms with Crippen molar-refractivity contribution in [3.63, 3.8) is 0 Å². The molecule has 0 radical (unpaired) electrons. The second-order valence-corrected chi connectivity index (χ2v) is 21.1. The first-order valence-corrected chi connectivity index (χ1v) is 22.3. The standard InChI is InChI=1S/C50H66O6/c1-29(24-39(53)45-49(6,56-45)37-19-11-18-35(37)30-12-9-16-33(51)25-30)43-38-20-21-42-47(4,48(38,5)28-40(43)54)23-22-41-46(2,3)44(55)36(31-13-10-17-34(52)26-31)27-50(41,42)32-14-7-8-15-32/h9-10,12-13,16-17,25-26,29,32,35-37,39,41-42,45,51-53H,7-8,11,14-15,18-24,27-28H2,1-6H3/t29-,35-,36-,37+,39-,41+,42+,45-,47+,48+,49-,50+/m1/s1. The highest BCUT2D eigenvalue weighted by Crippen LogP contribution is 2.77. The Morgan fingerprint density at radius 3 is 2.20 bits per heavy atom. The number of Topliss-reactive ketones (excluding diaryl/α,β-unsaturated/α-hetero) is 2. The maximum absolute atomic E-state index is 14.6. The van der Waals surface area contributed by atoms with E-state index in [1.54, 1.807) is 12.1 Å². The van der Waals surface area contributed by atoms with Gasteiger partial charge in [0.15, 0.2) is 5.78 Å². The van der Waals surface area contributed by atoms with Crippen LogP contribution in [0, 0.1) is 51.2 Å². The number of rotatable bonds is 8.